The number of esters is 2. The molecule has 0 radical (unpaired) electrons. The molecule has 5 N–H and O–H groups in total. The number of aromatic amines is 1. The minimum atomic E-state index is -6.21. The topological polar surface area (TPSA) is 312 Å². The molecular formula is C31H32N2O20P4. The minimum absolute atomic E-state index is 0.00737. The van der Waals surface area contributed by atoms with Crippen LogP contribution in [0.2, 0.25) is 0 Å². The molecule has 1 aliphatic heterocycles. The van der Waals surface area contributed by atoms with Crippen LogP contribution in [-0.2, 0) is 49.9 Å². The van der Waals surface area contributed by atoms with Gasteiger partial charge in [-0.1, -0.05) is 36.4 Å². The van der Waals surface area contributed by atoms with E-state index in [1.165, 1.54) is 60.7 Å². The number of benzene rings is 3. The lowest BCUT2D eigenvalue weighted by Gasteiger charge is -2.25. The van der Waals surface area contributed by atoms with Crippen molar-refractivity contribution in [1.29, 1.82) is 0 Å². The Morgan fingerprint density at radius 2 is 1.25 bits per heavy atom. The van der Waals surface area contributed by atoms with Crippen molar-refractivity contribution in [1.82, 2.24) is 9.55 Å². The van der Waals surface area contributed by atoms with E-state index in [1.807, 2.05) is 4.98 Å². The van der Waals surface area contributed by atoms with Crippen LogP contribution in [0.1, 0.15) is 33.9 Å². The Bertz CT molecular complexity index is 2370. The van der Waals surface area contributed by atoms with Crippen LogP contribution in [0.5, 0.6) is 5.75 Å². The zero-order valence-electron chi connectivity index (χ0n) is 29.0. The Kier molecular flexibility index (Phi) is 13.9. The molecule has 57 heavy (non-hydrogen) atoms. The van der Waals surface area contributed by atoms with Gasteiger partial charge in [0.05, 0.1) is 29.6 Å². The predicted molar refractivity (Wildman–Crippen MR) is 192 cm³/mol. The van der Waals surface area contributed by atoms with E-state index in [1.54, 1.807) is 19.1 Å². The van der Waals surface area contributed by atoms with E-state index < -0.39 is 90.7 Å². The van der Waals surface area contributed by atoms with Crippen LogP contribution >= 0.6 is 31.1 Å². The maximum atomic E-state index is 13.3. The van der Waals surface area contributed by atoms with Crippen LogP contribution in [0, 0.1) is 0 Å². The van der Waals surface area contributed by atoms with Crippen molar-refractivity contribution in [3.8, 4) is 5.75 Å². The maximum Gasteiger partial charge on any atom is 0.490 e. The van der Waals surface area contributed by atoms with E-state index in [0.29, 0.717) is 0 Å². The van der Waals surface area contributed by atoms with Crippen molar-refractivity contribution in [2.45, 2.75) is 31.5 Å². The number of hydrogen-bond donors (Lipinski definition) is 5. The number of carbonyl (C=O) groups excluding carboxylic acids is 2. The standard InChI is InChI=1S/C31H32N2O20P4/c1-2-46-22-13-15-23(16-14-22)54(38,39)51-56(42,43)53-57(44,45)52-55(40,41)47-19-24-26(49-29(35)20-9-5-3-6-10-20)27(50-30(36)21-11-7-4-8-12-21)28(48-24)33-18-17-25(34)32-31(33)37/h3-18,24,26-28H,2,19H2,1H3,(H,38,39)(H,40,41)(H,42,43)(H,44,45)(H,32,34,37)/t24-,26+,27?,28-/m1/s1. The van der Waals surface area contributed by atoms with Crippen LogP contribution in [0.3, 0.4) is 0 Å². The number of rotatable bonds is 17. The highest BCUT2D eigenvalue weighted by Crippen LogP contribution is 2.71. The third kappa shape index (κ3) is 11.8. The summed E-state index contributed by atoms with van der Waals surface area (Å²) in [6, 6.07) is 19.9. The quantitative estimate of drug-likeness (QED) is 0.0751. The minimum Gasteiger partial charge on any atom is -0.494 e. The fourth-order valence-corrected chi connectivity index (χ4v) is 10.5. The van der Waals surface area contributed by atoms with Gasteiger partial charge in [0.25, 0.3) is 5.56 Å². The summed E-state index contributed by atoms with van der Waals surface area (Å²) in [5.74, 6) is -1.81. The first-order valence-corrected chi connectivity index (χ1v) is 22.2. The monoisotopic (exact) mass is 876 g/mol. The lowest BCUT2D eigenvalue weighted by Crippen LogP contribution is -2.42. The van der Waals surface area contributed by atoms with Crippen molar-refractivity contribution in [3.63, 3.8) is 0 Å². The van der Waals surface area contributed by atoms with Crippen molar-refractivity contribution in [2.75, 3.05) is 13.2 Å². The number of nitrogens with zero attached hydrogens (tertiary/aromatic N) is 1. The Morgan fingerprint density at radius 3 is 1.79 bits per heavy atom. The van der Waals surface area contributed by atoms with E-state index in [-0.39, 0.29) is 23.5 Å². The molecule has 2 heterocycles. The highest BCUT2D eigenvalue weighted by atomic mass is 31.3. The molecule has 0 spiro atoms. The molecule has 4 aromatic rings. The number of hydrogen-bond acceptors (Lipinski definition) is 16. The SMILES string of the molecule is CCOc1ccc(P(=O)(O)OP(=O)(O)OP(=O)(O)OP(=O)(O)OC[C@H]2O[C@@H](n3ccc(=O)[nH]c3=O)C(OC(=O)c3ccccc3)[C@H]2OC(=O)c2ccccc2)cc1. The van der Waals surface area contributed by atoms with Gasteiger partial charge in [0.15, 0.2) is 18.4 Å². The van der Waals surface area contributed by atoms with Gasteiger partial charge in [0.2, 0.25) is 0 Å². The first-order valence-electron chi connectivity index (χ1n) is 16.1. The van der Waals surface area contributed by atoms with E-state index in [4.69, 9.17) is 23.5 Å². The molecule has 0 amide bonds. The van der Waals surface area contributed by atoms with Gasteiger partial charge < -0.3 is 38.5 Å². The summed E-state index contributed by atoms with van der Waals surface area (Å²) in [7, 11) is -23.4. The first-order chi connectivity index (χ1) is 26.8. The van der Waals surface area contributed by atoms with Gasteiger partial charge in [-0.15, -0.1) is 0 Å². The van der Waals surface area contributed by atoms with Gasteiger partial charge >= 0.3 is 48.7 Å². The average Bonchev–Trinajstić information content (AvgIpc) is 3.46. The molecule has 5 unspecified atom stereocenters. The predicted octanol–water partition coefficient (Wildman–Crippen LogP) is 3.16. The van der Waals surface area contributed by atoms with Gasteiger partial charge in [0.1, 0.15) is 11.9 Å². The highest BCUT2D eigenvalue weighted by molar-refractivity contribution is 7.73. The number of H-pyrrole nitrogens is 1. The smallest absolute Gasteiger partial charge is 0.490 e. The van der Waals surface area contributed by atoms with E-state index in [0.717, 1.165) is 29.0 Å². The Hall–Kier alpha value is -4.36. The summed E-state index contributed by atoms with van der Waals surface area (Å²) in [4.78, 5) is 93.9. The number of ether oxygens (including phenoxy) is 4. The van der Waals surface area contributed by atoms with Gasteiger partial charge in [0, 0.05) is 12.3 Å². The maximum absolute atomic E-state index is 13.3. The number of nitrogens with one attached hydrogen (secondary N) is 1. The highest BCUT2D eigenvalue weighted by Gasteiger charge is 2.53. The van der Waals surface area contributed by atoms with Crippen molar-refractivity contribution in [2.24, 2.45) is 0 Å². The summed E-state index contributed by atoms with van der Waals surface area (Å²) >= 11 is 0. The molecule has 3 aromatic carbocycles. The van der Waals surface area contributed by atoms with Crippen LogP contribution in [0.15, 0.2) is 107 Å². The fraction of sp³-hybridized carbons (Fsp3) is 0.226. The molecule has 22 nitrogen and oxygen atoms in total. The molecule has 8 atom stereocenters. The fourth-order valence-electron chi connectivity index (χ4n) is 5.06. The second-order valence-electron chi connectivity index (χ2n) is 11.4. The zero-order chi connectivity index (χ0) is 41.6. The summed E-state index contributed by atoms with van der Waals surface area (Å²) in [6.07, 6.45) is -6.16. The molecule has 5 rings (SSSR count). The summed E-state index contributed by atoms with van der Waals surface area (Å²) in [5, 5.41) is -0.581. The van der Waals surface area contributed by atoms with E-state index in [9.17, 15) is 57.0 Å². The van der Waals surface area contributed by atoms with Gasteiger partial charge in [-0.05, 0) is 55.5 Å². The third-order valence-electron chi connectivity index (χ3n) is 7.42. The Labute approximate surface area is 320 Å². The lowest BCUT2D eigenvalue weighted by molar-refractivity contribution is -0.0597. The second kappa shape index (κ2) is 18.1. The van der Waals surface area contributed by atoms with Crippen LogP contribution in [0.4, 0.5) is 0 Å². The number of phosphoric acid groups is 3. The molecule has 0 aliphatic carbocycles. The lowest BCUT2D eigenvalue weighted by atomic mass is 10.1. The van der Waals surface area contributed by atoms with Gasteiger partial charge in [-0.25, -0.2) is 32.4 Å². The van der Waals surface area contributed by atoms with E-state index in [2.05, 4.69) is 12.9 Å². The number of aromatic nitrogens is 2. The summed E-state index contributed by atoms with van der Waals surface area (Å²) in [5.41, 5.74) is -1.96. The number of carbonyl (C=O) groups is 2. The van der Waals surface area contributed by atoms with Crippen molar-refractivity contribution in [3.05, 3.63) is 129 Å². The molecule has 1 aliphatic rings. The van der Waals surface area contributed by atoms with E-state index >= 15 is 0 Å². The average molecular weight is 876 g/mol. The van der Waals surface area contributed by atoms with Gasteiger partial charge in [-0.2, -0.15) is 8.62 Å². The molecule has 306 valence electrons. The Balaban J connectivity index is 1.37. The molecule has 26 heteroatoms. The van der Waals surface area contributed by atoms with Gasteiger partial charge in [-0.3, -0.25) is 23.4 Å². The molecular weight excluding hydrogens is 844 g/mol. The van der Waals surface area contributed by atoms with Crippen LogP contribution < -0.4 is 21.3 Å². The third-order valence-corrected chi connectivity index (χ3v) is 13.9. The van der Waals surface area contributed by atoms with Crippen LogP contribution in [0.25, 0.3) is 0 Å². The van der Waals surface area contributed by atoms with Crippen molar-refractivity contribution >= 4 is 48.3 Å². The molecule has 0 bridgehead atoms. The molecule has 1 saturated heterocycles. The summed E-state index contributed by atoms with van der Waals surface area (Å²) in [6.45, 7) is 0.681. The first kappa shape index (κ1) is 43.8. The zero-order valence-corrected chi connectivity index (χ0v) is 32.6. The van der Waals surface area contributed by atoms with Crippen molar-refractivity contribution < 1.29 is 83.8 Å². The normalized spacial score (nSPS) is 22.2. The number of phosphoric ester groups is 1. The molecule has 0 saturated carbocycles. The summed E-state index contributed by atoms with van der Waals surface area (Å²) < 4.78 is 90.8. The molecule has 1 fully saturated rings. The second-order valence-corrected chi connectivity index (χ2v) is 18.0. The molecule has 1 aromatic heterocycles. The van der Waals surface area contributed by atoms with Crippen LogP contribution in [-0.4, -0.2) is 72.6 Å². The Morgan fingerprint density at radius 1 is 0.719 bits per heavy atom. The largest absolute Gasteiger partial charge is 0.494 e.